The van der Waals surface area contributed by atoms with Crippen molar-refractivity contribution in [1.82, 2.24) is 20.0 Å². The Balaban J connectivity index is 1.56. The molecule has 1 aliphatic carbocycles. The minimum absolute atomic E-state index is 0.153. The van der Waals surface area contributed by atoms with Gasteiger partial charge in [0.05, 0.1) is 23.9 Å². The van der Waals surface area contributed by atoms with Crippen LogP contribution in [-0.2, 0) is 0 Å². The van der Waals surface area contributed by atoms with Crippen LogP contribution in [0.2, 0.25) is 0 Å². The van der Waals surface area contributed by atoms with E-state index in [1.165, 1.54) is 11.1 Å². The van der Waals surface area contributed by atoms with E-state index in [2.05, 4.69) is 10.4 Å². The number of carbonyl (C=O) groups excluding carboxylic acids is 1. The third kappa shape index (κ3) is 4.31. The summed E-state index contributed by atoms with van der Waals surface area (Å²) in [7, 11) is 0. The molecule has 4 aromatic rings. The molecule has 1 amide bonds. The first-order valence-corrected chi connectivity index (χ1v) is 11.8. The van der Waals surface area contributed by atoms with E-state index in [-0.39, 0.29) is 17.8 Å². The molecule has 0 aliphatic heterocycles. The molecule has 0 spiro atoms. The number of nitrogens with two attached hydrogens (primary N) is 1. The van der Waals surface area contributed by atoms with Crippen molar-refractivity contribution >= 4 is 40.1 Å². The molecule has 0 unspecified atom stereocenters. The van der Waals surface area contributed by atoms with Gasteiger partial charge in [-0.05, 0) is 61.7 Å². The van der Waals surface area contributed by atoms with Crippen molar-refractivity contribution < 1.29 is 9.53 Å². The van der Waals surface area contributed by atoms with Crippen LogP contribution in [0.4, 0.5) is 5.82 Å². The average Bonchev–Trinajstić information content (AvgIpc) is 3.13. The van der Waals surface area contributed by atoms with Crippen molar-refractivity contribution in [2.75, 3.05) is 12.3 Å². The maximum atomic E-state index is 13.3. The number of para-hydroxylation sites is 2. The fourth-order valence-electron chi connectivity index (χ4n) is 4.43. The highest BCUT2D eigenvalue weighted by molar-refractivity contribution is 6.10. The van der Waals surface area contributed by atoms with Gasteiger partial charge >= 0.3 is 0 Å². The smallest absolute Gasteiger partial charge is 0.257 e. The third-order valence-corrected chi connectivity index (χ3v) is 6.15. The second kappa shape index (κ2) is 9.51. The summed E-state index contributed by atoms with van der Waals surface area (Å²) in [5, 5.41) is 7.74. The molecular weight excluding hydrogens is 428 g/mol. The first-order valence-electron chi connectivity index (χ1n) is 11.8. The maximum absolute atomic E-state index is 13.3. The first-order chi connectivity index (χ1) is 16.6. The molecule has 0 radical (unpaired) electrons. The molecule has 8 nitrogen and oxygen atoms in total. The van der Waals surface area contributed by atoms with E-state index in [4.69, 9.17) is 20.4 Å². The Labute approximate surface area is 197 Å². The lowest BCUT2D eigenvalue weighted by atomic mass is 9.95. The molecule has 34 heavy (non-hydrogen) atoms. The molecule has 2 heterocycles. The van der Waals surface area contributed by atoms with E-state index in [1.54, 1.807) is 6.21 Å². The Morgan fingerprint density at radius 2 is 1.82 bits per heavy atom. The first kappa shape index (κ1) is 21.9. The fraction of sp³-hybridized carbons (Fsp3) is 0.308. The Bertz CT molecular complexity index is 1350. The number of carbonyl (C=O) groups is 1. The zero-order chi connectivity index (χ0) is 23.5. The van der Waals surface area contributed by atoms with Crippen LogP contribution >= 0.6 is 0 Å². The van der Waals surface area contributed by atoms with Crippen molar-refractivity contribution in [2.24, 2.45) is 5.10 Å². The topological polar surface area (TPSA) is 107 Å². The number of anilines is 1. The predicted molar refractivity (Wildman–Crippen MR) is 134 cm³/mol. The number of ether oxygens (including phenoxy) is 1. The lowest BCUT2D eigenvalue weighted by molar-refractivity contribution is 0.0930. The number of aromatic nitrogens is 3. The Hall–Kier alpha value is -3.94. The van der Waals surface area contributed by atoms with Crippen LogP contribution in [0.1, 0.15) is 54.9 Å². The van der Waals surface area contributed by atoms with Gasteiger partial charge in [0, 0.05) is 6.04 Å². The van der Waals surface area contributed by atoms with Crippen molar-refractivity contribution in [1.29, 1.82) is 0 Å². The lowest BCUT2D eigenvalue weighted by Gasteiger charge is -2.22. The van der Waals surface area contributed by atoms with Gasteiger partial charge in [0.25, 0.3) is 5.91 Å². The summed E-state index contributed by atoms with van der Waals surface area (Å²) in [6.45, 7) is 2.56. The summed E-state index contributed by atoms with van der Waals surface area (Å²) in [4.78, 5) is 22.8. The zero-order valence-corrected chi connectivity index (χ0v) is 19.2. The summed E-state index contributed by atoms with van der Waals surface area (Å²) in [6, 6.07) is 15.3. The lowest BCUT2D eigenvalue weighted by Crippen LogP contribution is -2.36. The van der Waals surface area contributed by atoms with E-state index >= 15 is 0 Å². The van der Waals surface area contributed by atoms with E-state index < -0.39 is 0 Å². The Kier molecular flexibility index (Phi) is 6.12. The van der Waals surface area contributed by atoms with Crippen LogP contribution in [0.15, 0.2) is 53.6 Å². The molecule has 0 atom stereocenters. The van der Waals surface area contributed by atoms with Crippen LogP contribution in [0.3, 0.4) is 0 Å². The summed E-state index contributed by atoms with van der Waals surface area (Å²) < 4.78 is 7.00. The van der Waals surface area contributed by atoms with Gasteiger partial charge in [0.15, 0.2) is 5.65 Å². The maximum Gasteiger partial charge on any atom is 0.257 e. The quantitative estimate of drug-likeness (QED) is 0.415. The van der Waals surface area contributed by atoms with Gasteiger partial charge in [-0.25, -0.2) is 9.97 Å². The highest BCUT2D eigenvalue weighted by atomic mass is 16.5. The number of rotatable bonds is 6. The number of amides is 1. The van der Waals surface area contributed by atoms with Gasteiger partial charge in [-0.2, -0.15) is 9.78 Å². The van der Waals surface area contributed by atoms with Gasteiger partial charge in [-0.1, -0.05) is 31.4 Å². The van der Waals surface area contributed by atoms with Gasteiger partial charge < -0.3 is 15.8 Å². The largest absolute Gasteiger partial charge is 0.494 e. The van der Waals surface area contributed by atoms with Crippen molar-refractivity contribution in [3.05, 3.63) is 59.7 Å². The molecule has 1 aliphatic rings. The molecule has 0 bridgehead atoms. The average molecular weight is 457 g/mol. The number of hydrogen-bond acceptors (Lipinski definition) is 6. The van der Waals surface area contributed by atoms with Gasteiger partial charge in [-0.15, -0.1) is 0 Å². The number of fused-ring (bicyclic) bond motifs is 2. The highest BCUT2D eigenvalue weighted by Crippen LogP contribution is 2.28. The minimum atomic E-state index is -0.228. The minimum Gasteiger partial charge on any atom is -0.494 e. The van der Waals surface area contributed by atoms with Crippen molar-refractivity contribution in [3.8, 4) is 5.75 Å². The van der Waals surface area contributed by atoms with Gasteiger partial charge in [0.2, 0.25) is 0 Å². The molecule has 174 valence electrons. The normalized spacial score (nSPS) is 14.7. The van der Waals surface area contributed by atoms with Crippen LogP contribution in [-0.4, -0.2) is 39.4 Å². The second-order valence-electron chi connectivity index (χ2n) is 8.51. The molecule has 5 rings (SSSR count). The zero-order valence-electron chi connectivity index (χ0n) is 19.2. The van der Waals surface area contributed by atoms with Crippen LogP contribution in [0.25, 0.3) is 22.2 Å². The van der Waals surface area contributed by atoms with E-state index in [9.17, 15) is 4.79 Å². The molecule has 2 aromatic carbocycles. The third-order valence-electron chi connectivity index (χ3n) is 6.15. The van der Waals surface area contributed by atoms with Crippen molar-refractivity contribution in [3.63, 3.8) is 0 Å². The number of nitrogens with one attached hydrogen (secondary N) is 1. The fourth-order valence-corrected chi connectivity index (χ4v) is 4.43. The molecular formula is C26H28N6O2. The van der Waals surface area contributed by atoms with Gasteiger partial charge in [0.1, 0.15) is 22.6 Å². The molecule has 1 fully saturated rings. The number of nitrogen functional groups attached to an aromatic ring is 1. The predicted octanol–water partition coefficient (Wildman–Crippen LogP) is 4.51. The van der Waals surface area contributed by atoms with Crippen LogP contribution in [0.5, 0.6) is 5.75 Å². The molecule has 0 saturated heterocycles. The van der Waals surface area contributed by atoms with E-state index in [0.29, 0.717) is 34.4 Å². The van der Waals surface area contributed by atoms with Gasteiger partial charge in [-0.3, -0.25) is 4.79 Å². The van der Waals surface area contributed by atoms with E-state index in [0.717, 1.165) is 37.0 Å². The molecule has 1 saturated carbocycles. The molecule has 2 aromatic heterocycles. The SMILES string of the molecule is CCOc1ccc(/C=N\n2c(N)c(C(=O)NC3CCCCC3)c3nc4ccccc4nc32)cc1. The number of nitrogens with zero attached hydrogens (tertiary/aromatic N) is 4. The Morgan fingerprint density at radius 3 is 2.53 bits per heavy atom. The standard InChI is InChI=1S/C26H28N6O2/c1-2-34-19-14-12-17(13-15-19)16-28-32-24(27)22(26(33)29-18-8-4-3-5-9-18)23-25(32)31-21-11-7-6-10-20(21)30-23/h6-7,10-16,18H,2-5,8-9,27H2,1H3,(H,29,33)/b28-16-. The molecule has 3 N–H and O–H groups in total. The van der Waals surface area contributed by atoms with E-state index in [1.807, 2.05) is 55.5 Å². The summed E-state index contributed by atoms with van der Waals surface area (Å²) in [5.74, 6) is 0.791. The summed E-state index contributed by atoms with van der Waals surface area (Å²) in [6.07, 6.45) is 7.11. The molecule has 8 heteroatoms. The summed E-state index contributed by atoms with van der Waals surface area (Å²) >= 11 is 0. The number of hydrogen-bond donors (Lipinski definition) is 2. The number of benzene rings is 2. The second-order valence-corrected chi connectivity index (χ2v) is 8.51. The van der Waals surface area contributed by atoms with Crippen molar-refractivity contribution in [2.45, 2.75) is 45.1 Å². The van der Waals surface area contributed by atoms with Crippen LogP contribution in [0, 0.1) is 0 Å². The summed E-state index contributed by atoms with van der Waals surface area (Å²) in [5.41, 5.74) is 10.0. The Morgan fingerprint density at radius 1 is 1.12 bits per heavy atom. The van der Waals surface area contributed by atoms with Crippen LogP contribution < -0.4 is 15.8 Å². The monoisotopic (exact) mass is 456 g/mol. The highest BCUT2D eigenvalue weighted by Gasteiger charge is 2.26.